The normalized spacial score (nSPS) is 14.7. The van der Waals surface area contributed by atoms with Gasteiger partial charge in [0.1, 0.15) is 11.8 Å². The van der Waals surface area contributed by atoms with Crippen LogP contribution in [0.4, 0.5) is 5.69 Å². The Hall–Kier alpha value is -2.23. The van der Waals surface area contributed by atoms with Crippen molar-refractivity contribution >= 4 is 11.6 Å². The van der Waals surface area contributed by atoms with Crippen LogP contribution in [0.3, 0.4) is 0 Å². The molecule has 0 saturated carbocycles. The van der Waals surface area contributed by atoms with Crippen LogP contribution in [0.1, 0.15) is 37.1 Å². The second-order valence-corrected chi connectivity index (χ2v) is 5.66. The first-order chi connectivity index (χ1) is 10.8. The van der Waals surface area contributed by atoms with Gasteiger partial charge in [0, 0.05) is 25.2 Å². The highest BCUT2D eigenvalue weighted by Crippen LogP contribution is 2.34. The number of nitrogens with one attached hydrogen (secondary N) is 1. The van der Waals surface area contributed by atoms with Gasteiger partial charge in [-0.25, -0.2) is 0 Å². The molecule has 22 heavy (non-hydrogen) atoms. The third kappa shape index (κ3) is 3.01. The predicted octanol–water partition coefficient (Wildman–Crippen LogP) is 3.30. The summed E-state index contributed by atoms with van der Waals surface area (Å²) in [5.41, 5.74) is 2.60. The Bertz CT molecular complexity index is 622. The van der Waals surface area contributed by atoms with E-state index in [1.165, 1.54) is 11.3 Å². The Balaban J connectivity index is 1.80. The number of amides is 1. The summed E-state index contributed by atoms with van der Waals surface area (Å²) >= 11 is 0. The van der Waals surface area contributed by atoms with Crippen molar-refractivity contribution in [3.8, 4) is 0 Å². The van der Waals surface area contributed by atoms with Gasteiger partial charge in [0.05, 0.1) is 6.26 Å². The Morgan fingerprint density at radius 3 is 2.95 bits per heavy atom. The van der Waals surface area contributed by atoms with Crippen LogP contribution in [0.2, 0.25) is 0 Å². The van der Waals surface area contributed by atoms with Crippen molar-refractivity contribution in [1.29, 1.82) is 0 Å². The molecule has 116 valence electrons. The summed E-state index contributed by atoms with van der Waals surface area (Å²) in [6, 6.07) is 12.4. The summed E-state index contributed by atoms with van der Waals surface area (Å²) in [4.78, 5) is 14.2. The summed E-state index contributed by atoms with van der Waals surface area (Å²) in [6.07, 6.45) is 4.17. The van der Waals surface area contributed by atoms with Gasteiger partial charge >= 0.3 is 0 Å². The van der Waals surface area contributed by atoms with Crippen LogP contribution < -0.4 is 10.2 Å². The van der Waals surface area contributed by atoms with E-state index in [4.69, 9.17) is 4.42 Å². The molecule has 0 aliphatic carbocycles. The maximum Gasteiger partial charge on any atom is 0.220 e. The average Bonchev–Trinajstić information content (AvgIpc) is 3.18. The zero-order chi connectivity index (χ0) is 15.4. The predicted molar refractivity (Wildman–Crippen MR) is 86.9 cm³/mol. The molecule has 1 atom stereocenters. The van der Waals surface area contributed by atoms with Crippen LogP contribution in [0, 0.1) is 0 Å². The Morgan fingerprint density at radius 2 is 2.18 bits per heavy atom. The monoisotopic (exact) mass is 298 g/mol. The van der Waals surface area contributed by atoms with E-state index in [0.29, 0.717) is 13.0 Å². The molecule has 0 fully saturated rings. The van der Waals surface area contributed by atoms with Crippen LogP contribution in [0.25, 0.3) is 0 Å². The summed E-state index contributed by atoms with van der Waals surface area (Å²) in [7, 11) is 0. The number of furan rings is 1. The van der Waals surface area contributed by atoms with Crippen molar-refractivity contribution < 1.29 is 9.21 Å². The number of para-hydroxylation sites is 1. The van der Waals surface area contributed by atoms with Crippen LogP contribution in [-0.2, 0) is 11.2 Å². The fourth-order valence-corrected chi connectivity index (χ4v) is 3.06. The van der Waals surface area contributed by atoms with Crippen LogP contribution in [-0.4, -0.2) is 19.0 Å². The maximum atomic E-state index is 11.8. The van der Waals surface area contributed by atoms with Crippen LogP contribution in [0.5, 0.6) is 0 Å². The lowest BCUT2D eigenvalue weighted by Gasteiger charge is -2.29. The molecule has 3 rings (SSSR count). The number of hydrogen-bond donors (Lipinski definition) is 1. The van der Waals surface area contributed by atoms with Crippen molar-refractivity contribution in [1.82, 2.24) is 5.32 Å². The van der Waals surface area contributed by atoms with E-state index >= 15 is 0 Å². The fraction of sp³-hybridized carbons (Fsp3) is 0.389. The minimum absolute atomic E-state index is 0.0412. The van der Waals surface area contributed by atoms with Crippen LogP contribution in [0.15, 0.2) is 47.1 Å². The van der Waals surface area contributed by atoms with Crippen molar-refractivity contribution in [2.75, 3.05) is 18.0 Å². The number of nitrogens with zero attached hydrogens (tertiary/aromatic N) is 1. The van der Waals surface area contributed by atoms with Crippen LogP contribution >= 0.6 is 0 Å². The molecule has 1 aliphatic rings. The number of rotatable bonds is 6. The molecule has 1 amide bonds. The van der Waals surface area contributed by atoms with Gasteiger partial charge in [-0.15, -0.1) is 0 Å². The standard InChI is InChI=1S/C18H22N2O2/c1-2-6-18(21)19-13-16(17-9-5-12-22-17)20-11-10-14-7-3-4-8-15(14)20/h3-5,7-9,12,16H,2,6,10-11,13H2,1H3,(H,19,21)/t16-/m0/s1. The molecule has 1 aromatic carbocycles. The van der Waals surface area contributed by atoms with Crippen molar-refractivity contribution in [3.63, 3.8) is 0 Å². The molecule has 2 aromatic rings. The van der Waals surface area contributed by atoms with E-state index in [0.717, 1.165) is 25.1 Å². The van der Waals surface area contributed by atoms with E-state index in [1.54, 1.807) is 6.26 Å². The van der Waals surface area contributed by atoms with E-state index < -0.39 is 0 Å². The highest BCUT2D eigenvalue weighted by atomic mass is 16.3. The molecular formula is C18H22N2O2. The third-order valence-electron chi connectivity index (χ3n) is 4.14. The molecular weight excluding hydrogens is 276 g/mol. The number of carbonyl (C=O) groups excluding carboxylic acids is 1. The minimum atomic E-state index is 0.0412. The summed E-state index contributed by atoms with van der Waals surface area (Å²) in [6.45, 7) is 3.54. The highest BCUT2D eigenvalue weighted by Gasteiger charge is 2.28. The fourth-order valence-electron chi connectivity index (χ4n) is 3.06. The molecule has 0 bridgehead atoms. The minimum Gasteiger partial charge on any atom is -0.467 e. The molecule has 0 spiro atoms. The van der Waals surface area contributed by atoms with Crippen molar-refractivity contribution in [2.45, 2.75) is 32.2 Å². The lowest BCUT2D eigenvalue weighted by Crippen LogP contribution is -2.37. The van der Waals surface area contributed by atoms with Gasteiger partial charge in [0.2, 0.25) is 5.91 Å². The lowest BCUT2D eigenvalue weighted by molar-refractivity contribution is -0.121. The van der Waals surface area contributed by atoms with Gasteiger partial charge in [0.25, 0.3) is 0 Å². The Kier molecular flexibility index (Phi) is 4.47. The lowest BCUT2D eigenvalue weighted by atomic mass is 10.1. The van der Waals surface area contributed by atoms with Gasteiger partial charge in [-0.2, -0.15) is 0 Å². The van der Waals surface area contributed by atoms with Gasteiger partial charge < -0.3 is 14.6 Å². The van der Waals surface area contributed by atoms with Gasteiger partial charge in [-0.1, -0.05) is 25.1 Å². The quantitative estimate of drug-likeness (QED) is 0.890. The topological polar surface area (TPSA) is 45.5 Å². The first-order valence-electron chi connectivity index (χ1n) is 7.94. The van der Waals surface area contributed by atoms with Crippen molar-refractivity contribution in [3.05, 3.63) is 54.0 Å². The van der Waals surface area contributed by atoms with E-state index in [1.807, 2.05) is 19.1 Å². The number of carbonyl (C=O) groups is 1. The summed E-state index contributed by atoms with van der Waals surface area (Å²) in [5.74, 6) is 1.00. The smallest absolute Gasteiger partial charge is 0.220 e. The van der Waals surface area contributed by atoms with E-state index in [2.05, 4.69) is 34.5 Å². The molecule has 1 N–H and O–H groups in total. The average molecular weight is 298 g/mol. The maximum absolute atomic E-state index is 11.8. The van der Waals surface area contributed by atoms with Crippen molar-refractivity contribution in [2.24, 2.45) is 0 Å². The zero-order valence-corrected chi connectivity index (χ0v) is 12.9. The summed E-state index contributed by atoms with van der Waals surface area (Å²) in [5, 5.41) is 3.04. The molecule has 1 aromatic heterocycles. The third-order valence-corrected chi connectivity index (χ3v) is 4.14. The van der Waals surface area contributed by atoms with Gasteiger partial charge in [-0.3, -0.25) is 4.79 Å². The number of hydrogen-bond acceptors (Lipinski definition) is 3. The number of fused-ring (bicyclic) bond motifs is 1. The highest BCUT2D eigenvalue weighted by molar-refractivity contribution is 5.76. The SMILES string of the molecule is CCCC(=O)NC[C@@H](c1ccco1)N1CCc2ccccc21. The second-order valence-electron chi connectivity index (χ2n) is 5.66. The first kappa shape index (κ1) is 14.7. The Morgan fingerprint density at radius 1 is 1.32 bits per heavy atom. The molecule has 1 aliphatic heterocycles. The molecule has 4 heteroatoms. The largest absolute Gasteiger partial charge is 0.467 e. The molecule has 4 nitrogen and oxygen atoms in total. The summed E-state index contributed by atoms with van der Waals surface area (Å²) < 4.78 is 5.62. The number of anilines is 1. The zero-order valence-electron chi connectivity index (χ0n) is 12.9. The first-order valence-corrected chi connectivity index (χ1v) is 7.94. The molecule has 0 unspecified atom stereocenters. The van der Waals surface area contributed by atoms with E-state index in [-0.39, 0.29) is 11.9 Å². The van der Waals surface area contributed by atoms with E-state index in [9.17, 15) is 4.79 Å². The van der Waals surface area contributed by atoms with Gasteiger partial charge in [-0.05, 0) is 36.6 Å². The molecule has 0 radical (unpaired) electrons. The van der Waals surface area contributed by atoms with Gasteiger partial charge in [0.15, 0.2) is 0 Å². The molecule has 2 heterocycles. The Labute approximate surface area is 131 Å². The number of benzene rings is 1. The molecule has 0 saturated heterocycles. The second kappa shape index (κ2) is 6.69.